The fourth-order valence-corrected chi connectivity index (χ4v) is 1.66. The maximum Gasteiger partial charge on any atom is 0.253 e. The summed E-state index contributed by atoms with van der Waals surface area (Å²) < 4.78 is 5.22. The van der Waals surface area contributed by atoms with Crippen LogP contribution in [0.15, 0.2) is 22.9 Å². The molecule has 0 unspecified atom stereocenters. The van der Waals surface area contributed by atoms with Crippen molar-refractivity contribution < 1.29 is 9.32 Å². The summed E-state index contributed by atoms with van der Waals surface area (Å²) in [6, 6.07) is 3.17. The highest BCUT2D eigenvalue weighted by atomic mass is 16.5. The molecule has 1 atom stereocenters. The molecule has 6 heteroatoms. The lowest BCUT2D eigenvalue weighted by atomic mass is 9.96. The molecule has 0 bridgehead atoms. The number of hydrogen-bond donors (Lipinski definition) is 1. The maximum absolute atomic E-state index is 12.1. The lowest BCUT2D eigenvalue weighted by Crippen LogP contribution is -2.27. The van der Waals surface area contributed by atoms with E-state index in [2.05, 4.69) is 20.4 Å². The minimum absolute atomic E-state index is 0.188. The predicted octanol–water partition coefficient (Wildman–Crippen LogP) is 2.56. The van der Waals surface area contributed by atoms with E-state index in [-0.39, 0.29) is 17.4 Å². The Hall–Kier alpha value is -2.24. The molecule has 0 fully saturated rings. The van der Waals surface area contributed by atoms with Gasteiger partial charge in [0.25, 0.3) is 5.91 Å². The second-order valence-corrected chi connectivity index (χ2v) is 6.09. The molecule has 0 radical (unpaired) electrons. The molecule has 2 rings (SSSR count). The minimum atomic E-state index is -0.359. The van der Waals surface area contributed by atoms with Crippen molar-refractivity contribution >= 4 is 5.91 Å². The van der Waals surface area contributed by atoms with E-state index in [1.807, 2.05) is 27.7 Å². The SMILES string of the molecule is Cc1ccc(C(=O)N[C@@H](C)c2nc(C(C)(C)C)no2)cn1. The van der Waals surface area contributed by atoms with Gasteiger partial charge in [0.15, 0.2) is 5.82 Å². The molecular formula is C15H20N4O2. The van der Waals surface area contributed by atoms with Gasteiger partial charge in [-0.1, -0.05) is 25.9 Å². The van der Waals surface area contributed by atoms with Gasteiger partial charge in [0.05, 0.1) is 5.56 Å². The third kappa shape index (κ3) is 3.65. The summed E-state index contributed by atoms with van der Waals surface area (Å²) >= 11 is 0. The second-order valence-electron chi connectivity index (χ2n) is 6.09. The van der Waals surface area contributed by atoms with Crippen molar-refractivity contribution in [3.63, 3.8) is 0 Å². The fraction of sp³-hybridized carbons (Fsp3) is 0.467. The Morgan fingerprint density at radius 1 is 1.33 bits per heavy atom. The Balaban J connectivity index is 2.07. The third-order valence-corrected chi connectivity index (χ3v) is 3.00. The van der Waals surface area contributed by atoms with Gasteiger partial charge in [-0.3, -0.25) is 9.78 Å². The Kier molecular flexibility index (Phi) is 4.06. The molecule has 0 spiro atoms. The average molecular weight is 288 g/mol. The van der Waals surface area contributed by atoms with Crippen LogP contribution in [0, 0.1) is 6.92 Å². The average Bonchev–Trinajstić information content (AvgIpc) is 2.88. The first kappa shape index (κ1) is 15.2. The summed E-state index contributed by atoms with van der Waals surface area (Å²) in [5.74, 6) is 0.800. The van der Waals surface area contributed by atoms with E-state index in [4.69, 9.17) is 4.52 Å². The summed E-state index contributed by atoms with van der Waals surface area (Å²) in [5, 5.41) is 6.77. The van der Waals surface area contributed by atoms with Crippen molar-refractivity contribution in [1.29, 1.82) is 0 Å². The Bertz CT molecular complexity index is 626. The molecule has 0 aliphatic rings. The molecule has 0 aliphatic heterocycles. The summed E-state index contributed by atoms with van der Waals surface area (Å²) in [4.78, 5) is 20.5. The molecule has 6 nitrogen and oxygen atoms in total. The quantitative estimate of drug-likeness (QED) is 0.938. The van der Waals surface area contributed by atoms with Crippen molar-refractivity contribution in [3.8, 4) is 0 Å². The van der Waals surface area contributed by atoms with E-state index in [0.717, 1.165) is 5.69 Å². The zero-order valence-corrected chi connectivity index (χ0v) is 13.0. The highest BCUT2D eigenvalue weighted by Gasteiger charge is 2.24. The molecule has 2 aromatic rings. The Morgan fingerprint density at radius 2 is 2.05 bits per heavy atom. The van der Waals surface area contributed by atoms with E-state index in [1.54, 1.807) is 25.3 Å². The number of hydrogen-bond acceptors (Lipinski definition) is 5. The number of aromatic nitrogens is 3. The third-order valence-electron chi connectivity index (χ3n) is 3.00. The van der Waals surface area contributed by atoms with Crippen LogP contribution in [0.5, 0.6) is 0 Å². The maximum atomic E-state index is 12.1. The summed E-state index contributed by atoms with van der Waals surface area (Å²) in [7, 11) is 0. The molecule has 0 aliphatic carbocycles. The highest BCUT2D eigenvalue weighted by molar-refractivity contribution is 5.94. The van der Waals surface area contributed by atoms with Gasteiger partial charge in [-0.05, 0) is 26.0 Å². The zero-order chi connectivity index (χ0) is 15.6. The first-order chi connectivity index (χ1) is 9.77. The van der Waals surface area contributed by atoms with Gasteiger partial charge in [-0.25, -0.2) is 0 Å². The van der Waals surface area contributed by atoms with Gasteiger partial charge in [0.2, 0.25) is 5.89 Å². The number of amides is 1. The van der Waals surface area contributed by atoms with Crippen molar-refractivity contribution in [2.24, 2.45) is 0 Å². The van der Waals surface area contributed by atoms with Crippen molar-refractivity contribution in [2.45, 2.75) is 46.1 Å². The van der Waals surface area contributed by atoms with Gasteiger partial charge in [-0.15, -0.1) is 0 Å². The zero-order valence-electron chi connectivity index (χ0n) is 13.0. The molecule has 2 heterocycles. The molecule has 1 N–H and O–H groups in total. The normalized spacial score (nSPS) is 13.0. The van der Waals surface area contributed by atoms with Crippen LogP contribution < -0.4 is 5.32 Å². The molecular weight excluding hydrogens is 268 g/mol. The largest absolute Gasteiger partial charge is 0.340 e. The number of carbonyl (C=O) groups excluding carboxylic acids is 1. The summed E-state index contributed by atoms with van der Waals surface area (Å²) in [5.41, 5.74) is 1.18. The minimum Gasteiger partial charge on any atom is -0.340 e. The van der Waals surface area contributed by atoms with Gasteiger partial charge >= 0.3 is 0 Å². The fourth-order valence-electron chi connectivity index (χ4n) is 1.66. The summed E-state index contributed by atoms with van der Waals surface area (Å²) in [6.45, 7) is 9.69. The topological polar surface area (TPSA) is 80.9 Å². The number of carbonyl (C=O) groups is 1. The molecule has 0 saturated heterocycles. The molecule has 0 saturated carbocycles. The monoisotopic (exact) mass is 288 g/mol. The van der Waals surface area contributed by atoms with Crippen LogP contribution in [-0.2, 0) is 5.41 Å². The van der Waals surface area contributed by atoms with E-state index >= 15 is 0 Å². The number of aryl methyl sites for hydroxylation is 1. The number of rotatable bonds is 3. The first-order valence-corrected chi connectivity index (χ1v) is 6.85. The van der Waals surface area contributed by atoms with E-state index in [0.29, 0.717) is 17.3 Å². The standard InChI is InChI=1S/C15H20N4O2/c1-9-6-7-11(8-16-9)12(20)17-10(2)13-18-14(19-21-13)15(3,4)5/h6-8,10H,1-5H3,(H,17,20)/t10-/m0/s1. The molecule has 0 aromatic carbocycles. The smallest absolute Gasteiger partial charge is 0.253 e. The summed E-state index contributed by atoms with van der Waals surface area (Å²) in [6.07, 6.45) is 1.55. The highest BCUT2D eigenvalue weighted by Crippen LogP contribution is 2.20. The molecule has 2 aromatic heterocycles. The van der Waals surface area contributed by atoms with Gasteiger partial charge in [-0.2, -0.15) is 4.98 Å². The van der Waals surface area contributed by atoms with Crippen LogP contribution in [0.3, 0.4) is 0 Å². The number of nitrogens with zero attached hydrogens (tertiary/aromatic N) is 3. The molecule has 21 heavy (non-hydrogen) atoms. The lowest BCUT2D eigenvalue weighted by Gasteiger charge is -2.12. The lowest BCUT2D eigenvalue weighted by molar-refractivity contribution is 0.0932. The number of nitrogens with one attached hydrogen (secondary N) is 1. The van der Waals surface area contributed by atoms with Crippen LogP contribution in [0.1, 0.15) is 61.5 Å². The molecule has 112 valence electrons. The van der Waals surface area contributed by atoms with Gasteiger partial charge in [0.1, 0.15) is 6.04 Å². The van der Waals surface area contributed by atoms with Crippen molar-refractivity contribution in [2.75, 3.05) is 0 Å². The van der Waals surface area contributed by atoms with Crippen LogP contribution in [0.2, 0.25) is 0 Å². The van der Waals surface area contributed by atoms with Crippen LogP contribution in [0.4, 0.5) is 0 Å². The second kappa shape index (κ2) is 5.63. The van der Waals surface area contributed by atoms with Crippen molar-refractivity contribution in [3.05, 3.63) is 41.3 Å². The first-order valence-electron chi connectivity index (χ1n) is 6.85. The molecule has 1 amide bonds. The van der Waals surface area contributed by atoms with Gasteiger partial charge in [0, 0.05) is 17.3 Å². The van der Waals surface area contributed by atoms with Gasteiger partial charge < -0.3 is 9.84 Å². The van der Waals surface area contributed by atoms with E-state index in [1.165, 1.54) is 0 Å². The van der Waals surface area contributed by atoms with Crippen molar-refractivity contribution in [1.82, 2.24) is 20.4 Å². The van der Waals surface area contributed by atoms with Crippen LogP contribution >= 0.6 is 0 Å². The predicted molar refractivity (Wildman–Crippen MR) is 77.9 cm³/mol. The van der Waals surface area contributed by atoms with E-state index < -0.39 is 0 Å². The van der Waals surface area contributed by atoms with Crippen LogP contribution in [0.25, 0.3) is 0 Å². The Morgan fingerprint density at radius 3 is 2.57 bits per heavy atom. The van der Waals surface area contributed by atoms with E-state index in [9.17, 15) is 4.79 Å². The number of pyridine rings is 1. The Labute approximate surface area is 124 Å². The van der Waals surface area contributed by atoms with Crippen LogP contribution in [-0.4, -0.2) is 21.0 Å².